The van der Waals surface area contributed by atoms with Crippen LogP contribution in [0.4, 0.5) is 5.95 Å². The summed E-state index contributed by atoms with van der Waals surface area (Å²) in [7, 11) is 0. The molecule has 7 nitrogen and oxygen atoms in total. The van der Waals surface area contributed by atoms with Crippen LogP contribution in [-0.4, -0.2) is 54.7 Å². The van der Waals surface area contributed by atoms with Crippen LogP contribution in [0.3, 0.4) is 0 Å². The highest BCUT2D eigenvalue weighted by Gasteiger charge is 2.30. The van der Waals surface area contributed by atoms with Crippen molar-refractivity contribution in [1.82, 2.24) is 20.6 Å². The molecule has 2 rings (SSSR count). The van der Waals surface area contributed by atoms with E-state index in [0.717, 1.165) is 6.54 Å². The van der Waals surface area contributed by atoms with E-state index < -0.39 is 0 Å². The highest BCUT2D eigenvalue weighted by Crippen LogP contribution is 2.16. The lowest BCUT2D eigenvalue weighted by Crippen LogP contribution is -2.58. The maximum absolute atomic E-state index is 12.1. The summed E-state index contributed by atoms with van der Waals surface area (Å²) in [6.07, 6.45) is 1.66. The standard InChI is InChI=1S/C13H21N5O2/c1-3-15-12(19)10-9-14-7-8-18(10)13-16-6-5-11(17-13)20-4-2/h5-6,10,14H,3-4,7-9H2,1-2H3,(H,15,19). The van der Waals surface area contributed by atoms with Gasteiger partial charge < -0.3 is 20.3 Å². The van der Waals surface area contributed by atoms with Crippen molar-refractivity contribution < 1.29 is 9.53 Å². The van der Waals surface area contributed by atoms with Crippen molar-refractivity contribution in [3.63, 3.8) is 0 Å². The normalized spacial score (nSPS) is 18.7. The molecule has 1 fully saturated rings. The van der Waals surface area contributed by atoms with E-state index in [9.17, 15) is 4.79 Å². The predicted octanol–water partition coefficient (Wildman–Crippen LogP) is -0.210. The molecule has 0 bridgehead atoms. The maximum Gasteiger partial charge on any atom is 0.244 e. The first kappa shape index (κ1) is 14.5. The lowest BCUT2D eigenvalue weighted by atomic mass is 10.2. The van der Waals surface area contributed by atoms with Crippen LogP contribution in [-0.2, 0) is 4.79 Å². The molecule has 110 valence electrons. The smallest absolute Gasteiger partial charge is 0.244 e. The van der Waals surface area contributed by atoms with Gasteiger partial charge in [0.15, 0.2) is 0 Å². The molecule has 2 heterocycles. The Morgan fingerprint density at radius 1 is 1.60 bits per heavy atom. The minimum atomic E-state index is -0.291. The van der Waals surface area contributed by atoms with E-state index in [4.69, 9.17) is 4.74 Å². The number of ether oxygens (including phenoxy) is 1. The Hall–Kier alpha value is -1.89. The summed E-state index contributed by atoms with van der Waals surface area (Å²) in [4.78, 5) is 22.7. The van der Waals surface area contributed by atoms with Crippen LogP contribution < -0.4 is 20.3 Å². The fraction of sp³-hybridized carbons (Fsp3) is 0.615. The zero-order valence-electron chi connectivity index (χ0n) is 11.9. The van der Waals surface area contributed by atoms with Crippen LogP contribution in [0.5, 0.6) is 5.88 Å². The Labute approximate surface area is 118 Å². The second kappa shape index (κ2) is 7.04. The zero-order valence-corrected chi connectivity index (χ0v) is 11.9. The Morgan fingerprint density at radius 2 is 2.45 bits per heavy atom. The van der Waals surface area contributed by atoms with Gasteiger partial charge in [-0.1, -0.05) is 0 Å². The molecule has 0 spiro atoms. The highest BCUT2D eigenvalue weighted by molar-refractivity contribution is 5.85. The van der Waals surface area contributed by atoms with Crippen molar-refractivity contribution in [2.24, 2.45) is 0 Å². The lowest BCUT2D eigenvalue weighted by molar-refractivity contribution is -0.122. The minimum Gasteiger partial charge on any atom is -0.478 e. The molecule has 1 aromatic rings. The summed E-state index contributed by atoms with van der Waals surface area (Å²) in [6.45, 7) is 7.07. The van der Waals surface area contributed by atoms with E-state index in [0.29, 0.717) is 38.1 Å². The molecule has 7 heteroatoms. The fourth-order valence-corrected chi connectivity index (χ4v) is 2.17. The van der Waals surface area contributed by atoms with Gasteiger partial charge in [-0.05, 0) is 13.8 Å². The highest BCUT2D eigenvalue weighted by atomic mass is 16.5. The van der Waals surface area contributed by atoms with Crippen LogP contribution in [0, 0.1) is 0 Å². The fourth-order valence-electron chi connectivity index (χ4n) is 2.17. The number of nitrogens with zero attached hydrogens (tertiary/aromatic N) is 3. The van der Waals surface area contributed by atoms with Crippen molar-refractivity contribution in [2.75, 3.05) is 37.7 Å². The summed E-state index contributed by atoms with van der Waals surface area (Å²) in [5.41, 5.74) is 0. The number of hydrogen-bond donors (Lipinski definition) is 2. The van der Waals surface area contributed by atoms with Gasteiger partial charge in [-0.3, -0.25) is 4.79 Å². The lowest BCUT2D eigenvalue weighted by Gasteiger charge is -2.35. The van der Waals surface area contributed by atoms with Crippen LogP contribution in [0.15, 0.2) is 12.3 Å². The minimum absolute atomic E-state index is 0.00915. The van der Waals surface area contributed by atoms with E-state index in [-0.39, 0.29) is 11.9 Å². The predicted molar refractivity (Wildman–Crippen MR) is 75.9 cm³/mol. The summed E-state index contributed by atoms with van der Waals surface area (Å²) < 4.78 is 5.39. The van der Waals surface area contributed by atoms with E-state index in [1.165, 1.54) is 0 Å². The number of hydrogen-bond acceptors (Lipinski definition) is 6. The number of carbonyl (C=O) groups is 1. The number of piperazine rings is 1. The van der Waals surface area contributed by atoms with Crippen LogP contribution >= 0.6 is 0 Å². The molecular formula is C13H21N5O2. The van der Waals surface area contributed by atoms with E-state index in [2.05, 4.69) is 20.6 Å². The molecule has 1 saturated heterocycles. The van der Waals surface area contributed by atoms with Crippen LogP contribution in [0.1, 0.15) is 13.8 Å². The van der Waals surface area contributed by atoms with Crippen molar-refractivity contribution in [1.29, 1.82) is 0 Å². The summed E-state index contributed by atoms with van der Waals surface area (Å²) in [5, 5.41) is 6.07. The SMILES string of the molecule is CCNC(=O)C1CNCCN1c1nccc(OCC)n1. The van der Waals surface area contributed by atoms with Gasteiger partial charge in [0.1, 0.15) is 6.04 Å². The van der Waals surface area contributed by atoms with Crippen molar-refractivity contribution in [2.45, 2.75) is 19.9 Å². The molecule has 1 aliphatic rings. The van der Waals surface area contributed by atoms with Crippen molar-refractivity contribution in [3.05, 3.63) is 12.3 Å². The third kappa shape index (κ3) is 3.36. The Kier molecular flexibility index (Phi) is 5.11. The van der Waals surface area contributed by atoms with Gasteiger partial charge in [0.25, 0.3) is 0 Å². The van der Waals surface area contributed by atoms with E-state index in [1.54, 1.807) is 12.3 Å². The average Bonchev–Trinajstić information content (AvgIpc) is 2.48. The molecule has 1 aromatic heterocycles. The van der Waals surface area contributed by atoms with Crippen LogP contribution in [0.25, 0.3) is 0 Å². The molecule has 0 aromatic carbocycles. The van der Waals surface area contributed by atoms with Gasteiger partial charge >= 0.3 is 0 Å². The van der Waals surface area contributed by atoms with Gasteiger partial charge in [0, 0.05) is 38.4 Å². The molecule has 20 heavy (non-hydrogen) atoms. The zero-order chi connectivity index (χ0) is 14.4. The number of likely N-dealkylation sites (N-methyl/N-ethyl adjacent to an activating group) is 1. The molecular weight excluding hydrogens is 258 g/mol. The topological polar surface area (TPSA) is 79.4 Å². The number of carbonyl (C=O) groups excluding carboxylic acids is 1. The number of aromatic nitrogens is 2. The number of rotatable bonds is 5. The van der Waals surface area contributed by atoms with Crippen LogP contribution in [0.2, 0.25) is 0 Å². The Balaban J connectivity index is 2.18. The third-order valence-electron chi connectivity index (χ3n) is 3.06. The molecule has 0 radical (unpaired) electrons. The van der Waals surface area contributed by atoms with E-state index >= 15 is 0 Å². The number of amides is 1. The van der Waals surface area contributed by atoms with Gasteiger partial charge in [0.2, 0.25) is 17.7 Å². The summed E-state index contributed by atoms with van der Waals surface area (Å²) in [6, 6.07) is 1.43. The Morgan fingerprint density at radius 3 is 3.20 bits per heavy atom. The molecule has 2 N–H and O–H groups in total. The second-order valence-corrected chi connectivity index (χ2v) is 4.44. The first-order valence-electron chi connectivity index (χ1n) is 6.97. The molecule has 1 unspecified atom stereocenters. The van der Waals surface area contributed by atoms with Gasteiger partial charge in [-0.15, -0.1) is 0 Å². The van der Waals surface area contributed by atoms with Gasteiger partial charge in [0.05, 0.1) is 6.61 Å². The number of nitrogens with one attached hydrogen (secondary N) is 2. The molecule has 1 aliphatic heterocycles. The molecule has 1 atom stereocenters. The van der Waals surface area contributed by atoms with Gasteiger partial charge in [-0.25, -0.2) is 4.98 Å². The first-order chi connectivity index (χ1) is 9.76. The maximum atomic E-state index is 12.1. The average molecular weight is 279 g/mol. The second-order valence-electron chi connectivity index (χ2n) is 4.44. The number of anilines is 1. The Bertz CT molecular complexity index is 454. The third-order valence-corrected chi connectivity index (χ3v) is 3.06. The molecule has 0 saturated carbocycles. The summed E-state index contributed by atoms with van der Waals surface area (Å²) >= 11 is 0. The summed E-state index contributed by atoms with van der Waals surface area (Å²) in [5.74, 6) is 1.06. The first-order valence-corrected chi connectivity index (χ1v) is 6.97. The van der Waals surface area contributed by atoms with Gasteiger partial charge in [-0.2, -0.15) is 4.98 Å². The van der Waals surface area contributed by atoms with Crippen molar-refractivity contribution >= 4 is 11.9 Å². The van der Waals surface area contributed by atoms with E-state index in [1.807, 2.05) is 18.7 Å². The molecule has 1 amide bonds. The van der Waals surface area contributed by atoms with Crippen molar-refractivity contribution in [3.8, 4) is 5.88 Å². The molecule has 0 aliphatic carbocycles. The largest absolute Gasteiger partial charge is 0.478 e. The monoisotopic (exact) mass is 279 g/mol. The quantitative estimate of drug-likeness (QED) is 0.776.